The first-order valence-corrected chi connectivity index (χ1v) is 5.57. The summed E-state index contributed by atoms with van der Waals surface area (Å²) in [5.74, 6) is -0.550. The molecule has 3 rings (SSSR count). The van der Waals surface area contributed by atoms with Gasteiger partial charge in [0.1, 0.15) is 0 Å². The first-order chi connectivity index (χ1) is 9.13. The number of benzene rings is 1. The third-order valence-electron chi connectivity index (χ3n) is 2.78. The number of hydrogen-bond acceptors (Lipinski definition) is 3. The summed E-state index contributed by atoms with van der Waals surface area (Å²) in [5, 5.41) is 10.0. The van der Waals surface area contributed by atoms with E-state index in [0.717, 1.165) is 0 Å². The lowest BCUT2D eigenvalue weighted by atomic mass is 10.1. The molecular weight excluding hydrogens is 247 g/mol. The van der Waals surface area contributed by atoms with Crippen molar-refractivity contribution in [2.75, 3.05) is 0 Å². The highest BCUT2D eigenvalue weighted by molar-refractivity contribution is 5.87. The summed E-state index contributed by atoms with van der Waals surface area (Å²) < 4.78 is 12.8. The molecule has 0 amide bonds. The highest BCUT2D eigenvalue weighted by Gasteiger charge is 2.11. The summed E-state index contributed by atoms with van der Waals surface area (Å²) >= 11 is 0. The Kier molecular flexibility index (Phi) is 2.59. The highest BCUT2D eigenvalue weighted by atomic mass is 19.1. The van der Waals surface area contributed by atoms with Crippen molar-refractivity contribution in [2.24, 2.45) is 9.98 Å². The molecule has 2 aliphatic rings. The van der Waals surface area contributed by atoms with E-state index in [1.807, 2.05) is 0 Å². The number of carboxylic acid groups (broad SMARTS) is 1. The predicted molar refractivity (Wildman–Crippen MR) is 65.4 cm³/mol. The molecule has 1 aromatic rings. The molecule has 1 aromatic carbocycles. The van der Waals surface area contributed by atoms with Crippen molar-refractivity contribution < 1.29 is 14.3 Å². The van der Waals surface area contributed by atoms with Gasteiger partial charge in [0, 0.05) is 5.57 Å². The fourth-order valence-electron chi connectivity index (χ4n) is 1.82. The van der Waals surface area contributed by atoms with E-state index < -0.39 is 5.97 Å². The Morgan fingerprint density at radius 2 is 1.74 bits per heavy atom. The molecule has 1 aliphatic heterocycles. The molecule has 1 N–H and O–H groups in total. The molecule has 1 aliphatic carbocycles. The van der Waals surface area contributed by atoms with Gasteiger partial charge in [-0.3, -0.25) is 0 Å². The molecule has 0 bridgehead atoms. The Labute approximate surface area is 107 Å². The van der Waals surface area contributed by atoms with Gasteiger partial charge in [-0.25, -0.2) is 19.2 Å². The van der Waals surface area contributed by atoms with Crippen molar-refractivity contribution in [1.29, 1.82) is 0 Å². The van der Waals surface area contributed by atoms with Gasteiger partial charge in [0.15, 0.2) is 12.0 Å². The van der Waals surface area contributed by atoms with Crippen LogP contribution >= 0.6 is 0 Å². The number of fused-ring (bicyclic) bond motifs is 1. The zero-order chi connectivity index (χ0) is 13.4. The van der Waals surface area contributed by atoms with E-state index in [4.69, 9.17) is 5.11 Å². The average Bonchev–Trinajstić information content (AvgIpc) is 2.82. The van der Waals surface area contributed by atoms with Crippen LogP contribution in [0.25, 0.3) is 0 Å². The molecule has 1 radical (unpaired) electrons. The lowest BCUT2D eigenvalue weighted by molar-refractivity contribution is 0.0696. The van der Waals surface area contributed by atoms with Gasteiger partial charge in [-0.2, -0.15) is 0 Å². The van der Waals surface area contributed by atoms with E-state index in [-0.39, 0.29) is 11.7 Å². The maximum Gasteiger partial charge on any atom is 0.335 e. The minimum atomic E-state index is -1.01. The van der Waals surface area contributed by atoms with E-state index >= 15 is 0 Å². The molecule has 93 valence electrons. The fourth-order valence-corrected chi connectivity index (χ4v) is 1.82. The molecule has 1 heterocycles. The largest absolute Gasteiger partial charge is 0.478 e. The second-order valence-electron chi connectivity index (χ2n) is 4.06. The number of carbonyl (C=O) groups is 1. The maximum atomic E-state index is 12.8. The molecule has 0 atom stereocenters. The Hall–Kier alpha value is -2.56. The Morgan fingerprint density at radius 3 is 2.42 bits per heavy atom. The Balaban J connectivity index is 2.11. The zero-order valence-corrected chi connectivity index (χ0v) is 9.67. The number of rotatable bonds is 1. The number of halogens is 1. The van der Waals surface area contributed by atoms with Crippen molar-refractivity contribution in [1.82, 2.24) is 0 Å². The van der Waals surface area contributed by atoms with Crippen LogP contribution < -0.4 is 10.7 Å². The van der Waals surface area contributed by atoms with Crippen LogP contribution in [-0.2, 0) is 0 Å². The van der Waals surface area contributed by atoms with Gasteiger partial charge in [-0.15, -0.1) is 0 Å². The molecule has 0 fully saturated rings. The molecular formula is C14H8FN2O2. The van der Waals surface area contributed by atoms with Crippen LogP contribution in [0.4, 0.5) is 4.39 Å². The van der Waals surface area contributed by atoms with Crippen molar-refractivity contribution in [2.45, 2.75) is 0 Å². The first kappa shape index (κ1) is 11.5. The topological polar surface area (TPSA) is 62.0 Å². The number of carboxylic acids is 1. The Bertz CT molecular complexity index is 759. The van der Waals surface area contributed by atoms with Crippen LogP contribution in [-0.4, -0.2) is 11.1 Å². The molecule has 5 heteroatoms. The number of nitrogens with zero attached hydrogens (tertiary/aromatic N) is 2. The molecule has 0 saturated carbocycles. The molecule has 0 spiro atoms. The van der Waals surface area contributed by atoms with Gasteiger partial charge in [0.05, 0.1) is 16.3 Å². The number of hydrogen-bond donors (Lipinski definition) is 1. The van der Waals surface area contributed by atoms with Crippen molar-refractivity contribution >= 4 is 5.97 Å². The second-order valence-corrected chi connectivity index (χ2v) is 4.06. The van der Waals surface area contributed by atoms with Gasteiger partial charge in [0.2, 0.25) is 0 Å². The summed E-state index contributed by atoms with van der Waals surface area (Å²) in [7, 11) is 0. The zero-order valence-electron chi connectivity index (χ0n) is 9.67. The SMILES string of the molecule is O=C(O)c1ccc2c(c1)=NC(=C1C=C[C](F)C=C1)N=2. The minimum Gasteiger partial charge on any atom is -0.478 e. The smallest absolute Gasteiger partial charge is 0.335 e. The van der Waals surface area contributed by atoms with Crippen molar-refractivity contribution in [3.8, 4) is 0 Å². The van der Waals surface area contributed by atoms with Crippen molar-refractivity contribution in [3.05, 3.63) is 76.3 Å². The number of aromatic carboxylic acids is 1. The normalized spacial score (nSPS) is 17.1. The van der Waals surface area contributed by atoms with Crippen LogP contribution in [0.2, 0.25) is 0 Å². The molecule has 0 unspecified atom stereocenters. The monoisotopic (exact) mass is 255 g/mol. The fraction of sp³-hybridized carbons (Fsp3) is 0. The molecule has 19 heavy (non-hydrogen) atoms. The van der Waals surface area contributed by atoms with Crippen LogP contribution in [0.5, 0.6) is 0 Å². The highest BCUT2D eigenvalue weighted by Crippen LogP contribution is 2.20. The standard InChI is InChI=1S/C14H8FN2O2/c15-10-4-1-8(2-5-10)13-16-11-6-3-9(14(18)19)7-12(11)17-13/h1-7H,(H,18,19). The molecule has 4 nitrogen and oxygen atoms in total. The summed E-state index contributed by atoms with van der Waals surface area (Å²) in [5.41, 5.74) is 0.854. The Morgan fingerprint density at radius 1 is 1.05 bits per heavy atom. The quantitative estimate of drug-likeness (QED) is 0.826. The van der Waals surface area contributed by atoms with Gasteiger partial charge < -0.3 is 5.11 Å². The van der Waals surface area contributed by atoms with Gasteiger partial charge in [0.25, 0.3) is 0 Å². The van der Waals surface area contributed by atoms with E-state index in [1.54, 1.807) is 18.2 Å². The summed E-state index contributed by atoms with van der Waals surface area (Å²) in [4.78, 5) is 19.4. The van der Waals surface area contributed by atoms with E-state index in [2.05, 4.69) is 9.98 Å². The van der Waals surface area contributed by atoms with E-state index in [0.29, 0.717) is 22.1 Å². The van der Waals surface area contributed by atoms with Crippen LogP contribution in [0.1, 0.15) is 10.4 Å². The van der Waals surface area contributed by atoms with Gasteiger partial charge in [-0.1, -0.05) is 12.2 Å². The predicted octanol–water partition coefficient (Wildman–Crippen LogP) is 1.48. The summed E-state index contributed by atoms with van der Waals surface area (Å²) in [6.45, 7) is 0. The first-order valence-electron chi connectivity index (χ1n) is 5.57. The lowest BCUT2D eigenvalue weighted by Crippen LogP contribution is -2.22. The van der Waals surface area contributed by atoms with Crippen LogP contribution in [0, 0.1) is 6.17 Å². The second kappa shape index (κ2) is 4.28. The maximum absolute atomic E-state index is 12.8. The number of allylic oxidation sites excluding steroid dienone is 5. The summed E-state index contributed by atoms with van der Waals surface area (Å²) in [6, 6.07) is 4.56. The van der Waals surface area contributed by atoms with E-state index in [9.17, 15) is 9.18 Å². The average molecular weight is 255 g/mol. The van der Waals surface area contributed by atoms with Crippen LogP contribution in [0.15, 0.2) is 63.9 Å². The molecule has 0 saturated heterocycles. The van der Waals surface area contributed by atoms with Gasteiger partial charge in [-0.05, 0) is 30.4 Å². The van der Waals surface area contributed by atoms with Crippen LogP contribution in [0.3, 0.4) is 0 Å². The van der Waals surface area contributed by atoms with E-state index in [1.165, 1.54) is 24.3 Å². The van der Waals surface area contributed by atoms with Crippen molar-refractivity contribution in [3.63, 3.8) is 0 Å². The molecule has 0 aromatic heterocycles. The third kappa shape index (κ3) is 2.10. The lowest BCUT2D eigenvalue weighted by Gasteiger charge is -2.02. The van der Waals surface area contributed by atoms with Gasteiger partial charge >= 0.3 is 5.97 Å². The third-order valence-corrected chi connectivity index (χ3v) is 2.78. The minimum absolute atomic E-state index is 0.165. The summed E-state index contributed by atoms with van der Waals surface area (Å²) in [6.07, 6.45) is 5.51.